The van der Waals surface area contributed by atoms with Crippen LogP contribution < -0.4 is 10.3 Å². The van der Waals surface area contributed by atoms with Gasteiger partial charge in [0.1, 0.15) is 11.6 Å². The quantitative estimate of drug-likeness (QED) is 0.554. The molecule has 0 amide bonds. The molecule has 0 saturated heterocycles. The van der Waals surface area contributed by atoms with Crippen LogP contribution in [0.2, 0.25) is 0 Å². The Kier molecular flexibility index (Phi) is 4.16. The molecule has 1 atom stereocenters. The highest BCUT2D eigenvalue weighted by atomic mass is 19.3. The van der Waals surface area contributed by atoms with Gasteiger partial charge in [-0.05, 0) is 41.8 Å². The third-order valence-electron chi connectivity index (χ3n) is 5.33. The van der Waals surface area contributed by atoms with E-state index in [2.05, 4.69) is 9.55 Å². The summed E-state index contributed by atoms with van der Waals surface area (Å²) < 4.78 is 32.6. The van der Waals surface area contributed by atoms with Gasteiger partial charge in [-0.15, -0.1) is 0 Å². The lowest BCUT2D eigenvalue weighted by atomic mass is 10.0. The first kappa shape index (κ1) is 17.6. The Morgan fingerprint density at radius 2 is 1.93 bits per heavy atom. The van der Waals surface area contributed by atoms with E-state index in [4.69, 9.17) is 9.72 Å². The van der Waals surface area contributed by atoms with Gasteiger partial charge in [-0.3, -0.25) is 4.79 Å². The first-order valence-electron chi connectivity index (χ1n) is 9.34. The molecule has 0 bridgehead atoms. The predicted octanol–water partition coefficient (Wildman–Crippen LogP) is 4.53. The van der Waals surface area contributed by atoms with Gasteiger partial charge in [0.15, 0.2) is 0 Å². The van der Waals surface area contributed by atoms with Crippen molar-refractivity contribution in [2.45, 2.75) is 25.5 Å². The number of imidazole rings is 1. The van der Waals surface area contributed by atoms with Crippen LogP contribution in [0.4, 0.5) is 8.78 Å². The van der Waals surface area contributed by atoms with Crippen LogP contribution in [0, 0.1) is 0 Å². The zero-order valence-electron chi connectivity index (χ0n) is 15.3. The van der Waals surface area contributed by atoms with E-state index in [1.165, 1.54) is 6.07 Å². The molecule has 5 nitrogen and oxygen atoms in total. The number of fused-ring (bicyclic) bond motifs is 3. The molecular weight excluding hydrogens is 376 g/mol. The number of hydrogen-bond donors (Lipinski definition) is 1. The SMILES string of the molecule is O=c1ccc(-c2ccc3nc4n(c3c2)[C@@H](c2ccccc2OC(F)F)CC4)c[nH]1. The second kappa shape index (κ2) is 6.84. The normalized spacial score (nSPS) is 15.8. The molecule has 0 fully saturated rings. The standard InChI is InChI=1S/C22H17F2N3O2/c23-22(24)29-19-4-2-1-3-15(19)17-8-9-20-26-16-7-5-13(11-18(16)27(17)20)14-6-10-21(28)25-12-14/h1-7,10-12,17,22H,8-9H2,(H,25,28)/t17-/m1/s1. The van der Waals surface area contributed by atoms with Gasteiger partial charge in [0.2, 0.25) is 5.56 Å². The number of aromatic amines is 1. The van der Waals surface area contributed by atoms with Crippen molar-refractivity contribution in [2.75, 3.05) is 0 Å². The first-order valence-corrected chi connectivity index (χ1v) is 9.34. The molecule has 1 aliphatic heterocycles. The zero-order chi connectivity index (χ0) is 20.0. The Labute approximate surface area is 164 Å². The summed E-state index contributed by atoms with van der Waals surface area (Å²) in [4.78, 5) is 18.8. The van der Waals surface area contributed by atoms with Crippen molar-refractivity contribution >= 4 is 11.0 Å². The van der Waals surface area contributed by atoms with Gasteiger partial charge in [0, 0.05) is 24.2 Å². The number of H-pyrrole nitrogens is 1. The Hall–Kier alpha value is -3.48. The van der Waals surface area contributed by atoms with E-state index in [0.717, 1.165) is 46.4 Å². The molecule has 2 aromatic heterocycles. The highest BCUT2D eigenvalue weighted by Crippen LogP contribution is 2.40. The Morgan fingerprint density at radius 1 is 1.10 bits per heavy atom. The topological polar surface area (TPSA) is 59.9 Å². The van der Waals surface area contributed by atoms with Crippen molar-refractivity contribution in [2.24, 2.45) is 0 Å². The van der Waals surface area contributed by atoms with Crippen molar-refractivity contribution in [3.8, 4) is 16.9 Å². The third kappa shape index (κ3) is 3.08. The Bertz CT molecular complexity index is 1240. The number of nitrogens with zero attached hydrogens (tertiary/aromatic N) is 2. The molecule has 146 valence electrons. The number of pyridine rings is 1. The number of para-hydroxylation sites is 1. The van der Waals surface area contributed by atoms with E-state index in [9.17, 15) is 13.6 Å². The Morgan fingerprint density at radius 3 is 2.72 bits per heavy atom. The van der Waals surface area contributed by atoms with Crippen LogP contribution in [0.1, 0.15) is 23.9 Å². The molecule has 0 aliphatic carbocycles. The number of rotatable bonds is 4. The second-order valence-electron chi connectivity index (χ2n) is 7.01. The predicted molar refractivity (Wildman–Crippen MR) is 105 cm³/mol. The fraction of sp³-hybridized carbons (Fsp3) is 0.182. The summed E-state index contributed by atoms with van der Waals surface area (Å²) in [5.41, 5.74) is 4.18. The number of aromatic nitrogens is 3. The van der Waals surface area contributed by atoms with E-state index in [1.807, 2.05) is 30.3 Å². The van der Waals surface area contributed by atoms with Crippen molar-refractivity contribution in [1.29, 1.82) is 0 Å². The maximum absolute atomic E-state index is 12.9. The smallest absolute Gasteiger partial charge is 0.387 e. The van der Waals surface area contributed by atoms with Gasteiger partial charge in [-0.2, -0.15) is 8.78 Å². The maximum Gasteiger partial charge on any atom is 0.387 e. The van der Waals surface area contributed by atoms with Crippen molar-refractivity contribution in [1.82, 2.24) is 14.5 Å². The first-order chi connectivity index (χ1) is 14.1. The van der Waals surface area contributed by atoms with Gasteiger partial charge in [0.05, 0.1) is 17.1 Å². The fourth-order valence-electron chi connectivity index (χ4n) is 4.09. The number of benzene rings is 2. The number of alkyl halides is 2. The lowest BCUT2D eigenvalue weighted by molar-refractivity contribution is -0.0506. The van der Waals surface area contributed by atoms with E-state index in [-0.39, 0.29) is 17.4 Å². The lowest BCUT2D eigenvalue weighted by Gasteiger charge is -2.19. The minimum absolute atomic E-state index is 0.129. The van der Waals surface area contributed by atoms with E-state index in [0.29, 0.717) is 0 Å². The molecule has 0 radical (unpaired) electrons. The lowest BCUT2D eigenvalue weighted by Crippen LogP contribution is -2.10. The molecule has 7 heteroatoms. The summed E-state index contributed by atoms with van der Waals surface area (Å²) in [7, 11) is 0. The number of ether oxygens (including phenoxy) is 1. The van der Waals surface area contributed by atoms with Gasteiger partial charge in [-0.25, -0.2) is 4.98 Å². The van der Waals surface area contributed by atoms with E-state index >= 15 is 0 Å². The monoisotopic (exact) mass is 393 g/mol. The molecule has 2 aromatic carbocycles. The zero-order valence-corrected chi connectivity index (χ0v) is 15.3. The number of nitrogens with one attached hydrogen (secondary N) is 1. The third-order valence-corrected chi connectivity index (χ3v) is 5.33. The van der Waals surface area contributed by atoms with Gasteiger partial charge in [0.25, 0.3) is 0 Å². The second-order valence-corrected chi connectivity index (χ2v) is 7.01. The highest BCUT2D eigenvalue weighted by molar-refractivity contribution is 5.83. The van der Waals surface area contributed by atoms with Crippen LogP contribution >= 0.6 is 0 Å². The molecule has 4 aromatic rings. The van der Waals surface area contributed by atoms with Crippen molar-refractivity contribution in [3.63, 3.8) is 0 Å². The average molecular weight is 393 g/mol. The number of hydrogen-bond acceptors (Lipinski definition) is 3. The molecule has 0 unspecified atom stereocenters. The van der Waals surface area contributed by atoms with Crippen molar-refractivity contribution in [3.05, 3.63) is 82.5 Å². The minimum Gasteiger partial charge on any atom is -0.434 e. The van der Waals surface area contributed by atoms with Crippen LogP contribution in [-0.4, -0.2) is 21.1 Å². The van der Waals surface area contributed by atoms with E-state index in [1.54, 1.807) is 24.4 Å². The summed E-state index contributed by atoms with van der Waals surface area (Å²) in [5.74, 6) is 1.12. The van der Waals surface area contributed by atoms with E-state index < -0.39 is 6.61 Å². The van der Waals surface area contributed by atoms with Crippen molar-refractivity contribution < 1.29 is 13.5 Å². The summed E-state index contributed by atoms with van der Waals surface area (Å²) in [6.45, 7) is -2.87. The van der Waals surface area contributed by atoms with Crippen LogP contribution in [0.5, 0.6) is 5.75 Å². The number of aryl methyl sites for hydroxylation is 1. The minimum atomic E-state index is -2.87. The molecule has 29 heavy (non-hydrogen) atoms. The summed E-state index contributed by atoms with van der Waals surface area (Å²) >= 11 is 0. The van der Waals surface area contributed by atoms with Crippen LogP contribution in [-0.2, 0) is 6.42 Å². The molecule has 3 heterocycles. The maximum atomic E-state index is 12.9. The van der Waals surface area contributed by atoms with Gasteiger partial charge >= 0.3 is 6.61 Å². The molecule has 0 spiro atoms. The van der Waals surface area contributed by atoms with Crippen LogP contribution in [0.15, 0.2) is 65.6 Å². The van der Waals surface area contributed by atoms with Gasteiger partial charge in [-0.1, -0.05) is 24.3 Å². The van der Waals surface area contributed by atoms with Gasteiger partial charge < -0.3 is 14.3 Å². The largest absolute Gasteiger partial charge is 0.434 e. The Balaban J connectivity index is 1.63. The summed E-state index contributed by atoms with van der Waals surface area (Å²) in [5, 5.41) is 0. The molecule has 0 saturated carbocycles. The molecular formula is C22H17F2N3O2. The summed E-state index contributed by atoms with van der Waals surface area (Å²) in [6.07, 6.45) is 3.20. The summed E-state index contributed by atoms with van der Waals surface area (Å²) in [6, 6.07) is 16.0. The fourth-order valence-corrected chi connectivity index (χ4v) is 4.09. The van der Waals surface area contributed by atoms with Crippen LogP contribution in [0.25, 0.3) is 22.2 Å². The molecule has 1 aliphatic rings. The van der Waals surface area contributed by atoms with Crippen LogP contribution in [0.3, 0.4) is 0 Å². The molecule has 1 N–H and O–H groups in total. The highest BCUT2D eigenvalue weighted by Gasteiger charge is 2.29. The number of halogens is 2. The average Bonchev–Trinajstić information content (AvgIpc) is 3.27. The molecule has 5 rings (SSSR count).